The normalized spacial score (nSPS) is 15.2. The average Bonchev–Trinajstić information content (AvgIpc) is 3.72. The number of fused-ring (bicyclic) bond motifs is 8. The molecule has 8 aromatic carbocycles. The van der Waals surface area contributed by atoms with Crippen molar-refractivity contribution < 1.29 is 0 Å². The van der Waals surface area contributed by atoms with Gasteiger partial charge in [0.1, 0.15) is 0 Å². The third-order valence-electron chi connectivity index (χ3n) is 12.8. The van der Waals surface area contributed by atoms with E-state index < -0.39 is 0 Å². The van der Waals surface area contributed by atoms with Crippen LogP contribution in [0.1, 0.15) is 68.6 Å². The van der Waals surface area contributed by atoms with Crippen LogP contribution >= 0.6 is 11.3 Å². The van der Waals surface area contributed by atoms with Gasteiger partial charge in [-0.2, -0.15) is 0 Å². The minimum atomic E-state index is -0.0535. The van der Waals surface area contributed by atoms with Gasteiger partial charge in [-0.1, -0.05) is 148 Å². The van der Waals surface area contributed by atoms with E-state index in [0.29, 0.717) is 5.92 Å². The Morgan fingerprint density at radius 1 is 0.509 bits per heavy atom. The van der Waals surface area contributed by atoms with Gasteiger partial charge in [-0.25, -0.2) is 0 Å². The van der Waals surface area contributed by atoms with Crippen LogP contribution in [0.2, 0.25) is 0 Å². The minimum Gasteiger partial charge on any atom is -0.310 e. The largest absolute Gasteiger partial charge is 0.310 e. The van der Waals surface area contributed by atoms with Gasteiger partial charge in [0, 0.05) is 42.5 Å². The molecule has 2 aliphatic carbocycles. The van der Waals surface area contributed by atoms with Crippen LogP contribution in [0, 0.1) is 0 Å². The molecule has 0 radical (unpaired) electrons. The molecule has 0 N–H and O–H groups in total. The van der Waals surface area contributed by atoms with E-state index in [-0.39, 0.29) is 5.41 Å². The average molecular weight is 726 g/mol. The Kier molecular flexibility index (Phi) is 7.54. The van der Waals surface area contributed by atoms with Crippen molar-refractivity contribution in [2.75, 3.05) is 4.90 Å². The van der Waals surface area contributed by atoms with Crippen LogP contribution in [-0.4, -0.2) is 0 Å². The molecule has 55 heavy (non-hydrogen) atoms. The molecule has 0 amide bonds. The highest BCUT2D eigenvalue weighted by atomic mass is 32.1. The second-order valence-electron chi connectivity index (χ2n) is 16.4. The van der Waals surface area contributed by atoms with Crippen LogP contribution in [0.3, 0.4) is 0 Å². The number of thiophene rings is 1. The molecule has 11 rings (SSSR count). The smallest absolute Gasteiger partial charge is 0.0546 e. The topological polar surface area (TPSA) is 3.24 Å². The van der Waals surface area contributed by atoms with Gasteiger partial charge in [-0.05, 0) is 116 Å². The first-order valence-electron chi connectivity index (χ1n) is 20.0. The highest BCUT2D eigenvalue weighted by Gasteiger charge is 2.35. The van der Waals surface area contributed by atoms with Crippen molar-refractivity contribution in [3.8, 4) is 22.3 Å². The zero-order chi connectivity index (χ0) is 36.7. The number of hydrogen-bond acceptors (Lipinski definition) is 2. The Balaban J connectivity index is 1.15. The van der Waals surface area contributed by atoms with Crippen molar-refractivity contribution in [1.82, 2.24) is 0 Å². The van der Waals surface area contributed by atoms with E-state index in [9.17, 15) is 0 Å². The maximum Gasteiger partial charge on any atom is 0.0546 e. The molecule has 0 unspecified atom stereocenters. The molecule has 1 aromatic heterocycles. The molecule has 1 heterocycles. The quantitative estimate of drug-likeness (QED) is 0.171. The number of rotatable bonds is 5. The summed E-state index contributed by atoms with van der Waals surface area (Å²) in [5.41, 5.74) is 12.9. The number of anilines is 3. The number of nitrogens with zero attached hydrogens (tertiary/aromatic N) is 1. The molecule has 0 spiro atoms. The fourth-order valence-electron chi connectivity index (χ4n) is 9.99. The molecule has 1 nitrogen and oxygen atoms in total. The first-order valence-corrected chi connectivity index (χ1v) is 20.8. The lowest BCUT2D eigenvalue weighted by atomic mass is 9.82. The van der Waals surface area contributed by atoms with Crippen LogP contribution in [0.25, 0.3) is 64.0 Å². The summed E-state index contributed by atoms with van der Waals surface area (Å²) in [6, 6.07) is 60.0. The van der Waals surface area contributed by atoms with Gasteiger partial charge < -0.3 is 4.90 Å². The fourth-order valence-corrected chi connectivity index (χ4v) is 11.1. The molecule has 2 heteroatoms. The highest BCUT2D eigenvalue weighted by molar-refractivity contribution is 7.25. The van der Waals surface area contributed by atoms with Crippen molar-refractivity contribution in [3.05, 3.63) is 174 Å². The summed E-state index contributed by atoms with van der Waals surface area (Å²) in [6.07, 6.45) is 6.71. The zero-order valence-electron chi connectivity index (χ0n) is 31.5. The van der Waals surface area contributed by atoms with Crippen LogP contribution in [0.15, 0.2) is 158 Å². The summed E-state index contributed by atoms with van der Waals surface area (Å²) in [4.78, 5) is 2.53. The van der Waals surface area contributed by atoms with Gasteiger partial charge in [-0.3, -0.25) is 0 Å². The van der Waals surface area contributed by atoms with Crippen molar-refractivity contribution >= 4 is 70.1 Å². The lowest BCUT2D eigenvalue weighted by Gasteiger charge is -2.30. The third-order valence-corrected chi connectivity index (χ3v) is 14.0. The van der Waals surface area contributed by atoms with Crippen LogP contribution in [-0.2, 0) is 5.41 Å². The Morgan fingerprint density at radius 2 is 1.20 bits per heavy atom. The van der Waals surface area contributed by atoms with E-state index in [1.54, 1.807) is 0 Å². The van der Waals surface area contributed by atoms with Gasteiger partial charge in [-0.15, -0.1) is 11.3 Å². The Labute approximate surface area is 327 Å². The van der Waals surface area contributed by atoms with Crippen molar-refractivity contribution in [2.24, 2.45) is 0 Å². The first-order chi connectivity index (χ1) is 27.0. The Bertz CT molecular complexity index is 2960. The van der Waals surface area contributed by atoms with Gasteiger partial charge >= 0.3 is 0 Å². The molecule has 2 aliphatic rings. The summed E-state index contributed by atoms with van der Waals surface area (Å²) < 4.78 is 2.65. The lowest BCUT2D eigenvalue weighted by molar-refractivity contribution is 0.444. The van der Waals surface area contributed by atoms with E-state index in [4.69, 9.17) is 0 Å². The molecule has 9 aromatic rings. The van der Waals surface area contributed by atoms with E-state index in [2.05, 4.69) is 176 Å². The Hall–Kier alpha value is -5.70. The van der Waals surface area contributed by atoms with Crippen LogP contribution in [0.5, 0.6) is 0 Å². The predicted octanol–water partition coefficient (Wildman–Crippen LogP) is 15.9. The van der Waals surface area contributed by atoms with E-state index in [0.717, 1.165) is 0 Å². The minimum absolute atomic E-state index is 0.0535. The summed E-state index contributed by atoms with van der Waals surface area (Å²) >= 11 is 1.89. The summed E-state index contributed by atoms with van der Waals surface area (Å²) in [6.45, 7) is 4.73. The molecule has 0 bridgehead atoms. The van der Waals surface area contributed by atoms with E-state index in [1.165, 1.54) is 130 Å². The molecular weight excluding hydrogens is 683 g/mol. The van der Waals surface area contributed by atoms with E-state index in [1.807, 2.05) is 11.3 Å². The molecular formula is C53H43NS. The fraction of sp³-hybridized carbons (Fsp3) is 0.170. The van der Waals surface area contributed by atoms with Crippen LogP contribution in [0.4, 0.5) is 17.1 Å². The van der Waals surface area contributed by atoms with Crippen molar-refractivity contribution in [1.29, 1.82) is 0 Å². The zero-order valence-corrected chi connectivity index (χ0v) is 32.3. The molecule has 0 aliphatic heterocycles. The predicted molar refractivity (Wildman–Crippen MR) is 238 cm³/mol. The third kappa shape index (κ3) is 5.26. The maximum atomic E-state index is 2.53. The van der Waals surface area contributed by atoms with E-state index >= 15 is 0 Å². The molecule has 1 saturated carbocycles. The van der Waals surface area contributed by atoms with Crippen molar-refractivity contribution in [2.45, 2.75) is 57.3 Å². The highest BCUT2D eigenvalue weighted by Crippen LogP contribution is 2.52. The standard InChI is InChI=1S/C53H43NS/c1-53(2)47-18-10-8-16-43(47)46-33-41(26-28-48(46)53)54(40-25-22-37-30-36(20-21-38(37)31-40)34-12-4-3-5-13-34)49-29-24-35-14-6-7-15-42(35)52(49)39-23-27-45-44-17-9-11-19-50(44)55-51(45)32-39/h6-11,14-34H,3-5,12-13H2,1-2H3. The molecule has 1 fully saturated rings. The van der Waals surface area contributed by atoms with Gasteiger partial charge in [0.25, 0.3) is 0 Å². The summed E-state index contributed by atoms with van der Waals surface area (Å²) in [7, 11) is 0. The van der Waals surface area contributed by atoms with Crippen molar-refractivity contribution in [3.63, 3.8) is 0 Å². The van der Waals surface area contributed by atoms with Gasteiger partial charge in [0.05, 0.1) is 5.69 Å². The van der Waals surface area contributed by atoms with Gasteiger partial charge in [0.15, 0.2) is 0 Å². The lowest BCUT2D eigenvalue weighted by Crippen LogP contribution is -2.15. The Morgan fingerprint density at radius 3 is 2.11 bits per heavy atom. The summed E-state index contributed by atoms with van der Waals surface area (Å²) in [5.74, 6) is 0.686. The maximum absolute atomic E-state index is 2.53. The van der Waals surface area contributed by atoms with Gasteiger partial charge in [0.2, 0.25) is 0 Å². The second-order valence-corrected chi connectivity index (χ2v) is 17.4. The number of benzene rings is 8. The number of hydrogen-bond donors (Lipinski definition) is 0. The second kappa shape index (κ2) is 12.7. The SMILES string of the molecule is CC1(C)c2ccccc2-c2cc(N(c3ccc4cc(C5CCCCC5)ccc4c3)c3ccc4ccccc4c3-c3ccc4c(c3)sc3ccccc34)ccc21. The van der Waals surface area contributed by atoms with Crippen LogP contribution < -0.4 is 4.90 Å². The molecule has 0 atom stereocenters. The summed E-state index contributed by atoms with van der Waals surface area (Å²) in [5, 5.41) is 7.77. The monoisotopic (exact) mass is 725 g/mol. The molecule has 0 saturated heterocycles. The molecule has 266 valence electrons. The first kappa shape index (κ1) is 32.7.